The lowest BCUT2D eigenvalue weighted by Gasteiger charge is -2.42. The molecule has 3 heterocycles. The van der Waals surface area contributed by atoms with E-state index in [0.717, 1.165) is 36.1 Å². The Hall–Kier alpha value is -3.65. The molecule has 0 bridgehead atoms. The Labute approximate surface area is 243 Å². The minimum absolute atomic E-state index is 0.0427. The van der Waals surface area contributed by atoms with E-state index in [4.69, 9.17) is 14.7 Å². The number of halogens is 3. The monoisotopic (exact) mass is 580 g/mol. The molecule has 2 fully saturated rings. The Balaban J connectivity index is 1.33. The van der Waals surface area contributed by atoms with Crippen LogP contribution in [0.5, 0.6) is 6.01 Å². The average molecular weight is 581 g/mol. The van der Waals surface area contributed by atoms with Crippen LogP contribution in [-0.2, 0) is 29.5 Å². The number of hydrogen-bond acceptors (Lipinski definition) is 7. The lowest BCUT2D eigenvalue weighted by atomic mass is 9.69. The number of carbonyl (C=O) groups is 1. The van der Waals surface area contributed by atoms with Crippen LogP contribution in [0.3, 0.4) is 0 Å². The molecule has 4 unspecified atom stereocenters. The van der Waals surface area contributed by atoms with E-state index in [1.807, 2.05) is 22.9 Å². The van der Waals surface area contributed by atoms with Crippen molar-refractivity contribution in [1.82, 2.24) is 19.8 Å². The molecular weight excluding hydrogens is 545 g/mol. The number of likely N-dealkylation sites (tertiary alicyclic amines) is 1. The Kier molecular flexibility index (Phi) is 7.60. The van der Waals surface area contributed by atoms with Crippen molar-refractivity contribution in [2.24, 2.45) is 0 Å². The number of alkyl halides is 1. The number of nitrogens with zero attached hydrogens (tertiary/aromatic N) is 6. The molecule has 42 heavy (non-hydrogen) atoms. The second-order valence-corrected chi connectivity index (χ2v) is 12.1. The van der Waals surface area contributed by atoms with Gasteiger partial charge >= 0.3 is 6.01 Å². The van der Waals surface area contributed by atoms with Gasteiger partial charge in [0.2, 0.25) is 0 Å². The molecule has 1 spiro atoms. The topological polar surface area (TPSA) is 85.6 Å². The number of rotatable bonds is 6. The van der Waals surface area contributed by atoms with Crippen molar-refractivity contribution in [2.45, 2.75) is 68.6 Å². The third kappa shape index (κ3) is 5.21. The zero-order valence-corrected chi connectivity index (χ0v) is 23.8. The molecular formula is C31H35F3N6O2. The number of benzene rings is 1. The number of anilines is 1. The van der Waals surface area contributed by atoms with Gasteiger partial charge in [-0.15, -0.1) is 0 Å². The van der Waals surface area contributed by atoms with Gasteiger partial charge in [0, 0.05) is 43.2 Å². The van der Waals surface area contributed by atoms with Crippen LogP contribution in [0.15, 0.2) is 30.6 Å². The molecule has 6 rings (SSSR count). The summed E-state index contributed by atoms with van der Waals surface area (Å²) in [7, 11) is 1.87. The van der Waals surface area contributed by atoms with E-state index < -0.39 is 23.9 Å². The Morgan fingerprint density at radius 1 is 1.21 bits per heavy atom. The second-order valence-electron chi connectivity index (χ2n) is 12.1. The maximum absolute atomic E-state index is 14.0. The molecule has 1 aromatic heterocycles. The summed E-state index contributed by atoms with van der Waals surface area (Å²) in [4.78, 5) is 27.5. The molecule has 0 saturated carbocycles. The minimum Gasteiger partial charge on any atom is -0.462 e. The van der Waals surface area contributed by atoms with Crippen molar-refractivity contribution in [3.8, 4) is 12.1 Å². The summed E-state index contributed by atoms with van der Waals surface area (Å²) in [5, 5.41) is 9.46. The number of piperazine rings is 1. The largest absolute Gasteiger partial charge is 0.462 e. The zero-order chi connectivity index (χ0) is 29.6. The van der Waals surface area contributed by atoms with E-state index in [1.54, 1.807) is 6.07 Å². The first kappa shape index (κ1) is 28.5. The van der Waals surface area contributed by atoms with E-state index in [9.17, 15) is 23.2 Å². The number of amides is 1. The fourth-order valence-electron chi connectivity index (χ4n) is 7.36. The van der Waals surface area contributed by atoms with Crippen molar-refractivity contribution in [2.75, 3.05) is 44.7 Å². The van der Waals surface area contributed by atoms with Gasteiger partial charge in [0.15, 0.2) is 5.83 Å². The van der Waals surface area contributed by atoms with Crippen LogP contribution >= 0.6 is 0 Å². The first-order valence-corrected chi connectivity index (χ1v) is 14.6. The lowest BCUT2D eigenvalue weighted by Crippen LogP contribution is -2.55. The summed E-state index contributed by atoms with van der Waals surface area (Å²) in [6, 6.07) is 6.79. The first-order valence-electron chi connectivity index (χ1n) is 14.6. The van der Waals surface area contributed by atoms with Crippen molar-refractivity contribution in [3.63, 3.8) is 0 Å². The second kappa shape index (κ2) is 11.2. The highest BCUT2D eigenvalue weighted by Crippen LogP contribution is 2.49. The van der Waals surface area contributed by atoms with Crippen LogP contribution in [0.4, 0.5) is 19.0 Å². The molecule has 4 aliphatic rings. The fourth-order valence-corrected chi connectivity index (χ4v) is 7.36. The molecule has 4 atom stereocenters. The van der Waals surface area contributed by atoms with Gasteiger partial charge in [-0.25, -0.2) is 13.2 Å². The highest BCUT2D eigenvalue weighted by atomic mass is 19.1. The quantitative estimate of drug-likeness (QED) is 0.481. The van der Waals surface area contributed by atoms with Gasteiger partial charge in [-0.05, 0) is 68.8 Å². The fraction of sp³-hybridized carbons (Fsp3) is 0.548. The number of ether oxygens (including phenoxy) is 1. The van der Waals surface area contributed by atoms with Gasteiger partial charge in [0.25, 0.3) is 5.91 Å². The van der Waals surface area contributed by atoms with Crippen LogP contribution in [-0.4, -0.2) is 83.8 Å². The molecule has 1 amide bonds. The molecule has 11 heteroatoms. The van der Waals surface area contributed by atoms with Crippen molar-refractivity contribution < 1.29 is 22.7 Å². The number of likely N-dealkylation sites (N-methyl/N-ethyl adjacent to an activating group) is 1. The third-order valence-electron chi connectivity index (χ3n) is 9.57. The molecule has 2 aliphatic heterocycles. The van der Waals surface area contributed by atoms with Crippen LogP contribution in [0.2, 0.25) is 0 Å². The predicted molar refractivity (Wildman–Crippen MR) is 150 cm³/mol. The van der Waals surface area contributed by atoms with Gasteiger partial charge in [0.1, 0.15) is 24.4 Å². The SMILES string of the molecule is C=C(F)C(=O)N1CCN(c2nc(OCC3CC(F)CN3C)nc3c2CCC2(CCc4cc(F)ccc42)C3)CC1CC#N. The standard InChI is InChI=1S/C31H35F3N6O2/c1-19(32)29(41)40-12-11-39(17-23(40)7-10-35)28-25-6-9-31(8-5-20-13-21(33)3-4-26(20)31)15-27(25)36-30(37-28)42-18-24-14-22(34)16-38(24)2/h3-4,13,22-24H,1,5-9,11-12,14-18H2,2H3. The molecule has 0 N–H and O–H groups in total. The van der Waals surface area contributed by atoms with E-state index in [1.165, 1.54) is 16.5 Å². The number of hydrogen-bond donors (Lipinski definition) is 0. The Morgan fingerprint density at radius 2 is 2.02 bits per heavy atom. The Morgan fingerprint density at radius 3 is 2.76 bits per heavy atom. The summed E-state index contributed by atoms with van der Waals surface area (Å²) >= 11 is 0. The van der Waals surface area contributed by atoms with Crippen LogP contribution in [0.1, 0.15) is 48.1 Å². The summed E-state index contributed by atoms with van der Waals surface area (Å²) < 4.78 is 47.9. The third-order valence-corrected chi connectivity index (χ3v) is 9.57. The van der Waals surface area contributed by atoms with E-state index in [2.05, 4.69) is 12.6 Å². The van der Waals surface area contributed by atoms with Crippen LogP contribution in [0, 0.1) is 17.1 Å². The lowest BCUT2D eigenvalue weighted by molar-refractivity contribution is -0.131. The molecule has 2 aromatic rings. The summed E-state index contributed by atoms with van der Waals surface area (Å²) in [5.74, 6) is -1.38. The van der Waals surface area contributed by atoms with Crippen molar-refractivity contribution in [3.05, 3.63) is 58.8 Å². The van der Waals surface area contributed by atoms with E-state index in [0.29, 0.717) is 44.7 Å². The molecule has 0 radical (unpaired) electrons. The van der Waals surface area contributed by atoms with Crippen molar-refractivity contribution >= 4 is 11.7 Å². The minimum atomic E-state index is -1.05. The van der Waals surface area contributed by atoms with Gasteiger partial charge in [-0.3, -0.25) is 9.69 Å². The first-order chi connectivity index (χ1) is 20.2. The molecule has 1 aromatic carbocycles. The number of nitriles is 1. The Bertz CT molecular complexity index is 1450. The summed E-state index contributed by atoms with van der Waals surface area (Å²) in [6.07, 6.45) is 3.48. The number of fused-ring (bicyclic) bond motifs is 3. The summed E-state index contributed by atoms with van der Waals surface area (Å²) in [6.45, 7) is 4.68. The van der Waals surface area contributed by atoms with E-state index in [-0.39, 0.29) is 42.9 Å². The van der Waals surface area contributed by atoms with E-state index >= 15 is 0 Å². The van der Waals surface area contributed by atoms with Gasteiger partial charge < -0.3 is 14.5 Å². The molecule has 8 nitrogen and oxygen atoms in total. The molecule has 222 valence electrons. The number of aromatic nitrogens is 2. The smallest absolute Gasteiger partial charge is 0.318 e. The molecule has 2 aliphatic carbocycles. The van der Waals surface area contributed by atoms with Crippen molar-refractivity contribution in [1.29, 1.82) is 5.26 Å². The normalized spacial score (nSPS) is 27.1. The highest BCUT2D eigenvalue weighted by Gasteiger charge is 2.44. The maximum atomic E-state index is 14.0. The van der Waals surface area contributed by atoms with Gasteiger partial charge in [0.05, 0.1) is 24.2 Å². The van der Waals surface area contributed by atoms with Gasteiger partial charge in [-0.2, -0.15) is 15.2 Å². The maximum Gasteiger partial charge on any atom is 0.318 e. The zero-order valence-electron chi connectivity index (χ0n) is 23.8. The predicted octanol–water partition coefficient (Wildman–Crippen LogP) is 3.82. The number of aryl methyl sites for hydroxylation is 1. The molecule has 2 saturated heterocycles. The summed E-state index contributed by atoms with van der Waals surface area (Å²) in [5.41, 5.74) is 3.93. The number of carbonyl (C=O) groups excluding carboxylic acids is 1. The van der Waals surface area contributed by atoms with Gasteiger partial charge in [-0.1, -0.05) is 12.6 Å². The average Bonchev–Trinajstić information content (AvgIpc) is 3.48. The van der Waals surface area contributed by atoms with Crippen LogP contribution < -0.4 is 9.64 Å². The van der Waals surface area contributed by atoms with Crippen LogP contribution in [0.25, 0.3) is 0 Å². The highest BCUT2D eigenvalue weighted by molar-refractivity contribution is 5.91.